The highest BCUT2D eigenvalue weighted by atomic mass is 16.5. The van der Waals surface area contributed by atoms with Gasteiger partial charge in [-0.25, -0.2) is 0 Å². The molecule has 0 spiro atoms. The highest BCUT2D eigenvalue weighted by Gasteiger charge is 2.08. The van der Waals surface area contributed by atoms with Crippen molar-refractivity contribution >= 4 is 5.69 Å². The van der Waals surface area contributed by atoms with Crippen LogP contribution in [0.2, 0.25) is 0 Å². The van der Waals surface area contributed by atoms with Crippen molar-refractivity contribution in [2.45, 2.75) is 13.0 Å². The lowest BCUT2D eigenvalue weighted by molar-refractivity contribution is 0.115. The molecule has 3 nitrogen and oxygen atoms in total. The average molecular weight is 208 g/mol. The SMILES string of the molecule is COC(CN)CN(C)c1ccc(C)cc1. The highest BCUT2D eigenvalue weighted by molar-refractivity contribution is 5.46. The van der Waals surface area contributed by atoms with Gasteiger partial charge in [0.15, 0.2) is 0 Å². The minimum atomic E-state index is 0.0938. The van der Waals surface area contributed by atoms with Crippen LogP contribution in [0.25, 0.3) is 0 Å². The molecule has 2 N–H and O–H groups in total. The van der Waals surface area contributed by atoms with Gasteiger partial charge in [0.1, 0.15) is 0 Å². The van der Waals surface area contributed by atoms with E-state index in [-0.39, 0.29) is 6.10 Å². The number of benzene rings is 1. The summed E-state index contributed by atoms with van der Waals surface area (Å²) in [6, 6.07) is 8.43. The smallest absolute Gasteiger partial charge is 0.0867 e. The summed E-state index contributed by atoms with van der Waals surface area (Å²) in [4.78, 5) is 2.15. The number of aryl methyl sites for hydroxylation is 1. The van der Waals surface area contributed by atoms with Crippen molar-refractivity contribution in [3.8, 4) is 0 Å². The van der Waals surface area contributed by atoms with E-state index in [4.69, 9.17) is 10.5 Å². The molecular formula is C12H20N2O. The summed E-state index contributed by atoms with van der Waals surface area (Å²) in [5.74, 6) is 0. The number of hydrogen-bond donors (Lipinski definition) is 1. The lowest BCUT2D eigenvalue weighted by Crippen LogP contribution is -2.35. The van der Waals surface area contributed by atoms with Crippen LogP contribution in [0.15, 0.2) is 24.3 Å². The Labute approximate surface area is 91.8 Å². The van der Waals surface area contributed by atoms with E-state index < -0.39 is 0 Å². The fourth-order valence-corrected chi connectivity index (χ4v) is 1.46. The molecule has 1 rings (SSSR count). The van der Waals surface area contributed by atoms with Crippen LogP contribution in [-0.4, -0.2) is 33.4 Å². The van der Waals surface area contributed by atoms with E-state index in [0.29, 0.717) is 6.54 Å². The number of methoxy groups -OCH3 is 1. The monoisotopic (exact) mass is 208 g/mol. The third-order valence-electron chi connectivity index (χ3n) is 2.55. The molecule has 1 unspecified atom stereocenters. The molecule has 0 aliphatic rings. The van der Waals surface area contributed by atoms with E-state index in [0.717, 1.165) is 6.54 Å². The van der Waals surface area contributed by atoms with Crippen molar-refractivity contribution in [1.82, 2.24) is 0 Å². The molecule has 0 fully saturated rings. The van der Waals surface area contributed by atoms with Gasteiger partial charge in [0.2, 0.25) is 0 Å². The van der Waals surface area contributed by atoms with Gasteiger partial charge >= 0.3 is 0 Å². The molecule has 0 saturated carbocycles. The summed E-state index contributed by atoms with van der Waals surface area (Å²) in [5, 5.41) is 0. The molecule has 1 aromatic carbocycles. The Morgan fingerprint density at radius 2 is 1.93 bits per heavy atom. The Balaban J connectivity index is 2.60. The van der Waals surface area contributed by atoms with Crippen molar-refractivity contribution in [3.63, 3.8) is 0 Å². The van der Waals surface area contributed by atoms with Crippen molar-refractivity contribution in [1.29, 1.82) is 0 Å². The number of likely N-dealkylation sites (N-methyl/N-ethyl adjacent to an activating group) is 1. The number of hydrogen-bond acceptors (Lipinski definition) is 3. The van der Waals surface area contributed by atoms with Crippen LogP contribution >= 0.6 is 0 Å². The molecule has 0 aliphatic heterocycles. The standard InChI is InChI=1S/C12H20N2O/c1-10-4-6-11(7-5-10)14(2)9-12(8-13)15-3/h4-7,12H,8-9,13H2,1-3H3. The second kappa shape index (κ2) is 5.73. The maximum Gasteiger partial charge on any atom is 0.0867 e. The van der Waals surface area contributed by atoms with Crippen LogP contribution in [0.5, 0.6) is 0 Å². The van der Waals surface area contributed by atoms with Gasteiger partial charge in [0.05, 0.1) is 6.10 Å². The van der Waals surface area contributed by atoms with Gasteiger partial charge < -0.3 is 15.4 Å². The molecule has 15 heavy (non-hydrogen) atoms. The number of ether oxygens (including phenoxy) is 1. The van der Waals surface area contributed by atoms with Gasteiger partial charge in [0, 0.05) is 32.9 Å². The number of rotatable bonds is 5. The summed E-state index contributed by atoms with van der Waals surface area (Å²) in [6.45, 7) is 3.45. The molecule has 1 atom stereocenters. The van der Waals surface area contributed by atoms with Crippen molar-refractivity contribution in [3.05, 3.63) is 29.8 Å². The molecule has 0 heterocycles. The average Bonchev–Trinajstić information content (AvgIpc) is 2.26. The molecule has 0 bridgehead atoms. The molecule has 84 valence electrons. The predicted molar refractivity (Wildman–Crippen MR) is 64.3 cm³/mol. The van der Waals surface area contributed by atoms with E-state index >= 15 is 0 Å². The second-order valence-corrected chi connectivity index (χ2v) is 3.81. The van der Waals surface area contributed by atoms with Crippen molar-refractivity contribution < 1.29 is 4.74 Å². The third-order valence-corrected chi connectivity index (χ3v) is 2.55. The van der Waals surface area contributed by atoms with Crippen molar-refractivity contribution in [2.75, 3.05) is 32.1 Å². The minimum absolute atomic E-state index is 0.0938. The molecule has 0 amide bonds. The predicted octanol–water partition coefficient (Wildman–Crippen LogP) is 1.40. The third kappa shape index (κ3) is 3.53. The zero-order valence-corrected chi connectivity index (χ0v) is 9.73. The van der Waals surface area contributed by atoms with Gasteiger partial charge in [-0.15, -0.1) is 0 Å². The van der Waals surface area contributed by atoms with Gasteiger partial charge in [-0.2, -0.15) is 0 Å². The van der Waals surface area contributed by atoms with Crippen LogP contribution in [0, 0.1) is 6.92 Å². The quantitative estimate of drug-likeness (QED) is 0.795. The fraction of sp³-hybridized carbons (Fsp3) is 0.500. The first-order chi connectivity index (χ1) is 7.17. The zero-order chi connectivity index (χ0) is 11.3. The van der Waals surface area contributed by atoms with Gasteiger partial charge in [-0.05, 0) is 19.1 Å². The fourth-order valence-electron chi connectivity index (χ4n) is 1.46. The Kier molecular flexibility index (Phi) is 4.59. The van der Waals surface area contributed by atoms with Crippen LogP contribution in [-0.2, 0) is 4.74 Å². The first kappa shape index (κ1) is 12.0. The van der Waals surface area contributed by atoms with Crippen LogP contribution in [0.4, 0.5) is 5.69 Å². The van der Waals surface area contributed by atoms with Crippen LogP contribution < -0.4 is 10.6 Å². The van der Waals surface area contributed by atoms with E-state index in [1.807, 2.05) is 7.05 Å². The zero-order valence-electron chi connectivity index (χ0n) is 9.73. The summed E-state index contributed by atoms with van der Waals surface area (Å²) in [7, 11) is 3.74. The van der Waals surface area contributed by atoms with Crippen LogP contribution in [0.1, 0.15) is 5.56 Å². The van der Waals surface area contributed by atoms with Crippen LogP contribution in [0.3, 0.4) is 0 Å². The van der Waals surface area contributed by atoms with Gasteiger partial charge in [-0.3, -0.25) is 0 Å². The van der Waals surface area contributed by atoms with E-state index in [9.17, 15) is 0 Å². The number of anilines is 1. The molecule has 0 radical (unpaired) electrons. The van der Waals surface area contributed by atoms with E-state index in [1.54, 1.807) is 7.11 Å². The van der Waals surface area contributed by atoms with Gasteiger partial charge in [-0.1, -0.05) is 17.7 Å². The maximum atomic E-state index is 5.58. The Morgan fingerprint density at radius 1 is 1.33 bits per heavy atom. The molecule has 3 heteroatoms. The highest BCUT2D eigenvalue weighted by Crippen LogP contribution is 2.13. The topological polar surface area (TPSA) is 38.5 Å². The Hall–Kier alpha value is -1.06. The first-order valence-corrected chi connectivity index (χ1v) is 5.18. The first-order valence-electron chi connectivity index (χ1n) is 5.18. The molecule has 1 aromatic rings. The number of nitrogens with zero attached hydrogens (tertiary/aromatic N) is 1. The summed E-state index contributed by atoms with van der Waals surface area (Å²) >= 11 is 0. The minimum Gasteiger partial charge on any atom is -0.378 e. The molecule has 0 saturated heterocycles. The number of nitrogens with two attached hydrogens (primary N) is 1. The molecule has 0 aliphatic carbocycles. The van der Waals surface area contributed by atoms with E-state index in [2.05, 4.69) is 36.1 Å². The summed E-state index contributed by atoms with van der Waals surface area (Å²) in [5.41, 5.74) is 8.05. The lowest BCUT2D eigenvalue weighted by Gasteiger charge is -2.24. The summed E-state index contributed by atoms with van der Waals surface area (Å²) < 4.78 is 5.25. The van der Waals surface area contributed by atoms with Gasteiger partial charge in [0.25, 0.3) is 0 Å². The normalized spacial score (nSPS) is 12.5. The molecular weight excluding hydrogens is 188 g/mol. The van der Waals surface area contributed by atoms with Crippen molar-refractivity contribution in [2.24, 2.45) is 5.73 Å². The largest absolute Gasteiger partial charge is 0.378 e. The Bertz CT molecular complexity index is 280. The molecule has 0 aromatic heterocycles. The second-order valence-electron chi connectivity index (χ2n) is 3.81. The van der Waals surface area contributed by atoms with E-state index in [1.165, 1.54) is 11.3 Å². The maximum absolute atomic E-state index is 5.58. The lowest BCUT2D eigenvalue weighted by atomic mass is 10.2. The summed E-state index contributed by atoms with van der Waals surface area (Å²) in [6.07, 6.45) is 0.0938. The Morgan fingerprint density at radius 3 is 2.40 bits per heavy atom.